The number of carbonyl (C=O) groups is 1. The van der Waals surface area contributed by atoms with Crippen LogP contribution < -0.4 is 15.0 Å². The Hall–Kier alpha value is -4.71. The number of phenolic OH excluding ortho intramolecular Hbond substituents is 1. The SMILES string of the molecule is Cc1nc(C(=O)N2c3cccc(O)c3NC3=C(C2c2ccc(OCc4ccc(F)cc4)cc2F)S(=O)(=O)CC(C)(C)C3)c(C)o1. The van der Waals surface area contributed by atoms with Gasteiger partial charge in [-0.25, -0.2) is 22.2 Å². The Kier molecular flexibility index (Phi) is 7.43. The summed E-state index contributed by atoms with van der Waals surface area (Å²) in [6, 6.07) is 12.7. The number of aromatic nitrogens is 1. The van der Waals surface area contributed by atoms with Gasteiger partial charge in [-0.3, -0.25) is 9.69 Å². The van der Waals surface area contributed by atoms with Crippen molar-refractivity contribution in [1.82, 2.24) is 4.98 Å². The van der Waals surface area contributed by atoms with E-state index in [0.717, 1.165) is 11.0 Å². The number of carbonyl (C=O) groups excluding carboxylic acids is 1. The molecule has 0 radical (unpaired) electrons. The number of hydrogen-bond acceptors (Lipinski definition) is 8. The van der Waals surface area contributed by atoms with Crippen molar-refractivity contribution in [2.75, 3.05) is 16.0 Å². The molecule has 0 bridgehead atoms. The molecule has 3 heterocycles. The Morgan fingerprint density at radius 3 is 2.53 bits per heavy atom. The lowest BCUT2D eigenvalue weighted by Gasteiger charge is -2.37. The minimum Gasteiger partial charge on any atom is -0.506 e. The number of fused-ring (bicyclic) bond motifs is 1. The molecule has 1 aromatic heterocycles. The average Bonchev–Trinajstić information content (AvgIpc) is 3.21. The number of aryl methyl sites for hydroxylation is 2. The van der Waals surface area contributed by atoms with Crippen LogP contribution in [0.5, 0.6) is 11.5 Å². The number of sulfone groups is 1. The first kappa shape index (κ1) is 30.3. The molecule has 6 rings (SSSR count). The fourth-order valence-electron chi connectivity index (χ4n) is 6.02. The lowest BCUT2D eigenvalue weighted by Crippen LogP contribution is -2.41. The van der Waals surface area contributed by atoms with Gasteiger partial charge in [-0.1, -0.05) is 32.0 Å². The lowest BCUT2D eigenvalue weighted by atomic mass is 9.88. The van der Waals surface area contributed by atoms with Crippen molar-refractivity contribution in [3.8, 4) is 11.5 Å². The number of aromatic hydroxyl groups is 1. The first-order valence-electron chi connectivity index (χ1n) is 14.2. The van der Waals surface area contributed by atoms with Gasteiger partial charge in [0.05, 0.1) is 16.3 Å². The molecule has 1 atom stereocenters. The topological polar surface area (TPSA) is 122 Å². The molecule has 0 spiro atoms. The Morgan fingerprint density at radius 2 is 1.87 bits per heavy atom. The molecule has 2 aliphatic heterocycles. The molecule has 0 saturated carbocycles. The van der Waals surface area contributed by atoms with Crippen molar-refractivity contribution in [2.24, 2.45) is 5.41 Å². The van der Waals surface area contributed by atoms with E-state index in [1.807, 2.05) is 0 Å². The van der Waals surface area contributed by atoms with Gasteiger partial charge in [0.15, 0.2) is 21.4 Å². The maximum Gasteiger partial charge on any atom is 0.281 e. The Labute approximate surface area is 259 Å². The molecule has 0 saturated heterocycles. The third-order valence-electron chi connectivity index (χ3n) is 7.84. The summed E-state index contributed by atoms with van der Waals surface area (Å²) in [7, 11) is -4.10. The van der Waals surface area contributed by atoms with Crippen LogP contribution in [0.15, 0.2) is 75.7 Å². The van der Waals surface area contributed by atoms with Gasteiger partial charge in [-0.15, -0.1) is 0 Å². The molecule has 9 nitrogen and oxygen atoms in total. The summed E-state index contributed by atoms with van der Waals surface area (Å²) in [6.07, 6.45) is 0.246. The second-order valence-corrected chi connectivity index (χ2v) is 14.0. The fraction of sp³-hybridized carbons (Fsp3) is 0.273. The van der Waals surface area contributed by atoms with Gasteiger partial charge in [0.1, 0.15) is 47.2 Å². The van der Waals surface area contributed by atoms with Crippen LogP contribution >= 0.6 is 0 Å². The smallest absolute Gasteiger partial charge is 0.281 e. The average molecular weight is 636 g/mol. The zero-order valence-electron chi connectivity index (χ0n) is 25.0. The quantitative estimate of drug-likeness (QED) is 0.232. The summed E-state index contributed by atoms with van der Waals surface area (Å²) in [5, 5.41) is 14.1. The number of phenols is 1. The van der Waals surface area contributed by atoms with E-state index in [1.165, 1.54) is 36.4 Å². The molecule has 0 aliphatic carbocycles. The van der Waals surface area contributed by atoms with Crippen molar-refractivity contribution in [3.63, 3.8) is 0 Å². The fourth-order valence-corrected chi connectivity index (χ4v) is 8.37. The zero-order valence-corrected chi connectivity index (χ0v) is 25.8. The highest BCUT2D eigenvalue weighted by Crippen LogP contribution is 2.52. The van der Waals surface area contributed by atoms with Crippen LogP contribution in [0.3, 0.4) is 0 Å². The number of allylic oxidation sites excluding steroid dienone is 1. The number of nitrogens with zero attached hydrogens (tertiary/aromatic N) is 2. The van der Waals surface area contributed by atoms with E-state index in [-0.39, 0.29) is 75.2 Å². The predicted molar refractivity (Wildman–Crippen MR) is 164 cm³/mol. The van der Waals surface area contributed by atoms with Gasteiger partial charge in [0.25, 0.3) is 5.91 Å². The highest BCUT2D eigenvalue weighted by Gasteiger charge is 2.48. The van der Waals surface area contributed by atoms with Crippen LogP contribution in [0.4, 0.5) is 20.2 Å². The Bertz CT molecular complexity index is 1970. The number of oxazole rings is 1. The number of anilines is 2. The van der Waals surface area contributed by atoms with E-state index in [4.69, 9.17) is 9.15 Å². The molecule has 0 fully saturated rings. The van der Waals surface area contributed by atoms with Crippen molar-refractivity contribution >= 4 is 27.1 Å². The molecule has 1 unspecified atom stereocenters. The maximum atomic E-state index is 16.3. The van der Waals surface area contributed by atoms with Crippen LogP contribution in [-0.4, -0.2) is 30.2 Å². The van der Waals surface area contributed by atoms with Gasteiger partial charge in [0, 0.05) is 24.3 Å². The number of halogens is 2. The number of amides is 1. The number of hydrogen-bond donors (Lipinski definition) is 2. The van der Waals surface area contributed by atoms with Gasteiger partial charge in [-0.05, 0) is 60.7 Å². The van der Waals surface area contributed by atoms with E-state index in [9.17, 15) is 22.7 Å². The molecule has 12 heteroatoms. The summed E-state index contributed by atoms with van der Waals surface area (Å²) in [6.45, 7) is 6.77. The minimum atomic E-state index is -4.10. The monoisotopic (exact) mass is 635 g/mol. The van der Waals surface area contributed by atoms with E-state index in [1.54, 1.807) is 45.9 Å². The number of ether oxygens (including phenoxy) is 1. The largest absolute Gasteiger partial charge is 0.506 e. The molecule has 234 valence electrons. The summed E-state index contributed by atoms with van der Waals surface area (Å²) < 4.78 is 69.2. The molecule has 45 heavy (non-hydrogen) atoms. The van der Waals surface area contributed by atoms with Crippen LogP contribution in [0, 0.1) is 30.9 Å². The summed E-state index contributed by atoms with van der Waals surface area (Å²) in [4.78, 5) is 19.7. The minimum absolute atomic E-state index is 0.0349. The summed E-state index contributed by atoms with van der Waals surface area (Å²) in [5.41, 5.74) is 0.254. The van der Waals surface area contributed by atoms with Gasteiger partial charge >= 0.3 is 0 Å². The van der Waals surface area contributed by atoms with E-state index in [0.29, 0.717) is 5.56 Å². The Morgan fingerprint density at radius 1 is 1.13 bits per heavy atom. The van der Waals surface area contributed by atoms with Crippen molar-refractivity contribution in [1.29, 1.82) is 0 Å². The number of para-hydroxylation sites is 1. The van der Waals surface area contributed by atoms with E-state index < -0.39 is 38.8 Å². The summed E-state index contributed by atoms with van der Waals surface area (Å²) in [5.74, 6) is -1.87. The predicted octanol–water partition coefficient (Wildman–Crippen LogP) is 6.72. The number of benzene rings is 3. The van der Waals surface area contributed by atoms with Crippen molar-refractivity contribution in [2.45, 2.75) is 46.8 Å². The highest BCUT2D eigenvalue weighted by molar-refractivity contribution is 7.95. The molecule has 3 aromatic carbocycles. The molecular formula is C33H31F2N3O6S. The third-order valence-corrected chi connectivity index (χ3v) is 10.1. The molecule has 1 amide bonds. The van der Waals surface area contributed by atoms with Crippen LogP contribution in [0.2, 0.25) is 0 Å². The maximum absolute atomic E-state index is 16.3. The summed E-state index contributed by atoms with van der Waals surface area (Å²) >= 11 is 0. The molecular weight excluding hydrogens is 604 g/mol. The highest BCUT2D eigenvalue weighted by atomic mass is 32.2. The van der Waals surface area contributed by atoms with Crippen molar-refractivity contribution < 1.29 is 36.3 Å². The zero-order chi connectivity index (χ0) is 32.3. The van der Waals surface area contributed by atoms with E-state index >= 15 is 4.39 Å². The first-order valence-corrected chi connectivity index (χ1v) is 15.9. The number of nitrogens with one attached hydrogen (secondary N) is 1. The van der Waals surface area contributed by atoms with Gasteiger partial charge < -0.3 is 19.6 Å². The number of rotatable bonds is 5. The second kappa shape index (κ2) is 11.0. The molecule has 4 aromatic rings. The molecule has 2 N–H and O–H groups in total. The van der Waals surface area contributed by atoms with Crippen LogP contribution in [0.25, 0.3) is 0 Å². The van der Waals surface area contributed by atoms with E-state index in [2.05, 4.69) is 10.3 Å². The molecule has 2 aliphatic rings. The third kappa shape index (κ3) is 5.66. The normalized spacial score (nSPS) is 18.4. The lowest BCUT2D eigenvalue weighted by molar-refractivity contribution is 0.0974. The van der Waals surface area contributed by atoms with Gasteiger partial charge in [0.2, 0.25) is 0 Å². The second-order valence-electron chi connectivity index (χ2n) is 12.1. The standard InChI is InChI=1S/C33H31F2N3O6S/c1-18-28(36-19(2)44-18)32(40)38-26-6-5-7-27(39)29(26)37-25-15-33(3,4)17-45(41,42)31(25)30(38)23-13-12-22(14-24(23)35)43-16-20-8-10-21(34)11-9-20/h5-14,30,37,39H,15-17H2,1-4H3. The van der Waals surface area contributed by atoms with Crippen molar-refractivity contribution in [3.05, 3.63) is 111 Å². The van der Waals surface area contributed by atoms with Crippen LogP contribution in [0.1, 0.15) is 59.6 Å². The van der Waals surface area contributed by atoms with Gasteiger partial charge in [-0.2, -0.15) is 0 Å². The first-order chi connectivity index (χ1) is 21.2. The van der Waals surface area contributed by atoms with Crippen LogP contribution in [-0.2, 0) is 16.4 Å². The Balaban J connectivity index is 1.55.